The molecule has 2 aromatic rings. The first-order valence-corrected chi connectivity index (χ1v) is 10.2. The summed E-state index contributed by atoms with van der Waals surface area (Å²) in [5.74, 6) is 0.214. The van der Waals surface area contributed by atoms with E-state index in [4.69, 9.17) is 9.47 Å². The quantitative estimate of drug-likeness (QED) is 0.226. The highest BCUT2D eigenvalue weighted by Crippen LogP contribution is 2.41. The van der Waals surface area contributed by atoms with Gasteiger partial charge in [-0.25, -0.2) is 9.78 Å². The van der Waals surface area contributed by atoms with E-state index in [1.807, 2.05) is 18.2 Å². The van der Waals surface area contributed by atoms with Crippen LogP contribution < -0.4 is 4.74 Å². The van der Waals surface area contributed by atoms with Crippen molar-refractivity contribution in [3.8, 4) is 5.75 Å². The van der Waals surface area contributed by atoms with Crippen LogP contribution in [0, 0.1) is 10.1 Å². The number of carbonyl (C=O) groups excluding carboxylic acids is 1. The maximum atomic E-state index is 12.0. The summed E-state index contributed by atoms with van der Waals surface area (Å²) in [7, 11) is 3.21. The molecule has 1 aliphatic carbocycles. The number of nitrogens with zero attached hydrogens (tertiary/aromatic N) is 2. The van der Waals surface area contributed by atoms with Crippen LogP contribution in [0.5, 0.6) is 5.75 Å². The highest BCUT2D eigenvalue weighted by atomic mass is 33.1. The van der Waals surface area contributed by atoms with E-state index in [9.17, 15) is 14.9 Å². The second kappa shape index (κ2) is 8.91. The molecule has 26 heavy (non-hydrogen) atoms. The molecule has 0 spiro atoms. The van der Waals surface area contributed by atoms with Gasteiger partial charge in [-0.05, 0) is 54.3 Å². The van der Waals surface area contributed by atoms with E-state index in [0.29, 0.717) is 0 Å². The summed E-state index contributed by atoms with van der Waals surface area (Å²) in [5.41, 5.74) is -0.0653. The summed E-state index contributed by atoms with van der Waals surface area (Å²) in [5, 5.41) is 11.7. The van der Waals surface area contributed by atoms with Gasteiger partial charge in [-0.1, -0.05) is 16.9 Å². The largest absolute Gasteiger partial charge is 0.514 e. The number of carbonyl (C=O) groups is 1. The van der Waals surface area contributed by atoms with Gasteiger partial charge in [0.1, 0.15) is 16.9 Å². The summed E-state index contributed by atoms with van der Waals surface area (Å²) < 4.78 is 10.6. The summed E-state index contributed by atoms with van der Waals surface area (Å²) in [4.78, 5) is 26.4. The van der Waals surface area contributed by atoms with Crippen molar-refractivity contribution in [1.29, 1.82) is 0 Å². The zero-order valence-electron chi connectivity index (χ0n) is 13.6. The van der Waals surface area contributed by atoms with Gasteiger partial charge in [0.05, 0.1) is 10.2 Å². The number of non-ortho nitro benzene ring substituents is 1. The number of aromatic nitrogens is 1. The van der Waals surface area contributed by atoms with Crippen LogP contribution >= 0.6 is 21.6 Å². The number of ether oxygens (including phenoxy) is 2. The molecule has 9 heteroatoms. The predicted octanol–water partition coefficient (Wildman–Crippen LogP) is 4.87. The fourth-order valence-corrected chi connectivity index (χ4v) is 5.19. The number of rotatable bonds is 6. The molecule has 1 saturated carbocycles. The van der Waals surface area contributed by atoms with Crippen molar-refractivity contribution in [3.05, 3.63) is 58.8 Å². The minimum absolute atomic E-state index is 0.0653. The standard InChI is InChI=1S/C17H16N2O5S2/c20-17(23-13-9-7-12(8-10-13)19(21)22)24-14-4-3-5-15(14)25-26-16-6-1-2-11-18-16/h1-2,6-11,14-15H,3-5H2/t14-,15-/m0/s1. The van der Waals surface area contributed by atoms with Crippen molar-refractivity contribution in [2.45, 2.75) is 35.6 Å². The van der Waals surface area contributed by atoms with Gasteiger partial charge in [-0.2, -0.15) is 0 Å². The fraction of sp³-hybridized carbons (Fsp3) is 0.294. The molecule has 0 saturated heterocycles. The lowest BCUT2D eigenvalue weighted by atomic mass is 10.3. The Morgan fingerprint density at radius 2 is 2.00 bits per heavy atom. The van der Waals surface area contributed by atoms with Crippen LogP contribution in [0.4, 0.5) is 10.5 Å². The molecule has 0 aliphatic heterocycles. The number of pyridine rings is 1. The van der Waals surface area contributed by atoms with Crippen molar-refractivity contribution in [3.63, 3.8) is 0 Å². The molecule has 1 fully saturated rings. The third-order valence-corrected chi connectivity index (χ3v) is 6.62. The second-order valence-corrected chi connectivity index (χ2v) is 8.04. The Hall–Kier alpha value is -2.26. The molecule has 0 amide bonds. The van der Waals surface area contributed by atoms with Gasteiger partial charge >= 0.3 is 6.16 Å². The van der Waals surface area contributed by atoms with Gasteiger partial charge in [0.2, 0.25) is 0 Å². The third kappa shape index (κ3) is 5.12. The van der Waals surface area contributed by atoms with Gasteiger partial charge in [0.15, 0.2) is 0 Å². The number of nitro benzene ring substituents is 1. The lowest BCUT2D eigenvalue weighted by Crippen LogP contribution is -2.25. The predicted molar refractivity (Wildman–Crippen MR) is 99.3 cm³/mol. The zero-order valence-corrected chi connectivity index (χ0v) is 15.3. The van der Waals surface area contributed by atoms with Crippen LogP contribution in [0.2, 0.25) is 0 Å². The van der Waals surface area contributed by atoms with Gasteiger partial charge in [0, 0.05) is 18.3 Å². The van der Waals surface area contributed by atoms with Gasteiger partial charge in [-0.15, -0.1) is 0 Å². The van der Waals surface area contributed by atoms with Crippen molar-refractivity contribution < 1.29 is 19.2 Å². The molecule has 3 rings (SSSR count). The summed E-state index contributed by atoms with van der Waals surface area (Å²) in [6, 6.07) is 11.0. The molecule has 1 aliphatic rings. The summed E-state index contributed by atoms with van der Waals surface area (Å²) >= 11 is 0. The van der Waals surface area contributed by atoms with Crippen molar-refractivity contribution in [2.24, 2.45) is 0 Å². The molecular formula is C17H16N2O5S2. The van der Waals surface area contributed by atoms with E-state index in [1.165, 1.54) is 24.3 Å². The van der Waals surface area contributed by atoms with E-state index in [-0.39, 0.29) is 22.8 Å². The van der Waals surface area contributed by atoms with E-state index in [2.05, 4.69) is 4.98 Å². The monoisotopic (exact) mass is 392 g/mol. The minimum Gasteiger partial charge on any atom is -0.429 e. The molecule has 2 atom stereocenters. The second-order valence-electron chi connectivity index (χ2n) is 5.58. The van der Waals surface area contributed by atoms with Gasteiger partial charge < -0.3 is 9.47 Å². The highest BCUT2D eigenvalue weighted by molar-refractivity contribution is 8.76. The Kier molecular flexibility index (Phi) is 6.35. The molecular weight excluding hydrogens is 376 g/mol. The fourth-order valence-electron chi connectivity index (χ4n) is 2.52. The van der Waals surface area contributed by atoms with Crippen LogP contribution in [-0.2, 0) is 4.74 Å². The zero-order chi connectivity index (χ0) is 18.4. The molecule has 0 radical (unpaired) electrons. The Morgan fingerprint density at radius 3 is 2.69 bits per heavy atom. The van der Waals surface area contributed by atoms with E-state index >= 15 is 0 Å². The Balaban J connectivity index is 1.50. The van der Waals surface area contributed by atoms with Crippen molar-refractivity contribution >= 4 is 33.4 Å². The van der Waals surface area contributed by atoms with Crippen molar-refractivity contribution in [1.82, 2.24) is 4.98 Å². The highest BCUT2D eigenvalue weighted by Gasteiger charge is 2.32. The number of hydrogen-bond donors (Lipinski definition) is 0. The molecule has 7 nitrogen and oxygen atoms in total. The Labute approximate surface area is 158 Å². The molecule has 1 aromatic heterocycles. The maximum Gasteiger partial charge on any atom is 0.514 e. The average molecular weight is 392 g/mol. The maximum absolute atomic E-state index is 12.0. The third-order valence-electron chi connectivity index (χ3n) is 3.78. The number of benzene rings is 1. The number of nitro groups is 1. The Bertz CT molecular complexity index is 758. The molecule has 0 bridgehead atoms. The molecule has 1 heterocycles. The van der Waals surface area contributed by atoms with Crippen LogP contribution in [-0.4, -0.2) is 27.4 Å². The van der Waals surface area contributed by atoms with Crippen molar-refractivity contribution in [2.75, 3.05) is 0 Å². The average Bonchev–Trinajstić information content (AvgIpc) is 3.08. The van der Waals surface area contributed by atoms with Gasteiger partial charge in [-0.3, -0.25) is 10.1 Å². The van der Waals surface area contributed by atoms with E-state index in [0.717, 1.165) is 24.3 Å². The topological polar surface area (TPSA) is 91.6 Å². The summed E-state index contributed by atoms with van der Waals surface area (Å²) in [6.07, 6.45) is 3.46. The smallest absolute Gasteiger partial charge is 0.429 e. The van der Waals surface area contributed by atoms with E-state index < -0.39 is 11.1 Å². The number of hydrogen-bond acceptors (Lipinski definition) is 8. The van der Waals surface area contributed by atoms with Crippen LogP contribution in [0.25, 0.3) is 0 Å². The first kappa shape index (κ1) is 18.5. The van der Waals surface area contributed by atoms with E-state index in [1.54, 1.807) is 27.8 Å². The molecule has 1 aromatic carbocycles. The van der Waals surface area contributed by atoms with Gasteiger partial charge in [0.25, 0.3) is 5.69 Å². The van der Waals surface area contributed by atoms with Crippen LogP contribution in [0.1, 0.15) is 19.3 Å². The van der Waals surface area contributed by atoms with Crippen LogP contribution in [0.3, 0.4) is 0 Å². The first-order valence-electron chi connectivity index (χ1n) is 7.99. The minimum atomic E-state index is -0.792. The Morgan fingerprint density at radius 1 is 1.19 bits per heavy atom. The molecule has 136 valence electrons. The molecule has 0 N–H and O–H groups in total. The SMILES string of the molecule is O=C(Oc1ccc([N+](=O)[O-])cc1)O[C@H]1CCC[C@@H]1SSc1ccccn1. The van der Waals surface area contributed by atoms with Crippen LogP contribution in [0.15, 0.2) is 53.7 Å². The lowest BCUT2D eigenvalue weighted by Gasteiger charge is -2.18. The normalized spacial score (nSPS) is 19.1. The first-order chi connectivity index (χ1) is 12.6. The summed E-state index contributed by atoms with van der Waals surface area (Å²) in [6.45, 7) is 0. The molecule has 0 unspecified atom stereocenters. The lowest BCUT2D eigenvalue weighted by molar-refractivity contribution is -0.384.